The number of fused-ring (bicyclic) bond motifs is 1. The molecule has 29 heavy (non-hydrogen) atoms. The number of aromatic amines is 1. The number of alkyl halides is 3. The summed E-state index contributed by atoms with van der Waals surface area (Å²) in [6.07, 6.45) is -1.50. The monoisotopic (exact) mass is 406 g/mol. The van der Waals surface area contributed by atoms with Crippen molar-refractivity contribution < 1.29 is 27.1 Å². The number of carbonyl (C=O) groups is 1. The van der Waals surface area contributed by atoms with Crippen molar-refractivity contribution in [3.8, 4) is 0 Å². The number of nitrogens with one attached hydrogen (secondary N) is 2. The molecule has 0 bridgehead atoms. The molecule has 0 spiro atoms. The number of hydrogen-bond acceptors (Lipinski definition) is 4. The molecule has 1 saturated heterocycles. The Kier molecular flexibility index (Phi) is 5.10. The highest BCUT2D eigenvalue weighted by Crippen LogP contribution is 2.27. The lowest BCUT2D eigenvalue weighted by molar-refractivity contribution is -0.497. The molecule has 2 N–H and O–H groups in total. The summed E-state index contributed by atoms with van der Waals surface area (Å²) in [6.45, 7) is 2.69. The van der Waals surface area contributed by atoms with E-state index in [-0.39, 0.29) is 12.5 Å². The second-order valence-corrected chi connectivity index (χ2v) is 6.61. The van der Waals surface area contributed by atoms with Crippen LogP contribution in [0.3, 0.4) is 0 Å². The normalized spacial score (nSPS) is 14.9. The first-order valence-electron chi connectivity index (χ1n) is 9.09. The maximum atomic E-state index is 12.8. The molecule has 3 aromatic heterocycles. The van der Waals surface area contributed by atoms with Gasteiger partial charge < -0.3 is 10.1 Å². The average molecular weight is 406 g/mol. The van der Waals surface area contributed by atoms with Crippen LogP contribution in [0.5, 0.6) is 0 Å². The number of carbonyl (C=O) groups excluding carboxylic acids is 1. The molecule has 1 aliphatic heterocycles. The molecular formula is C19H19F3N5O2+. The van der Waals surface area contributed by atoms with E-state index in [0.717, 1.165) is 18.2 Å². The summed E-state index contributed by atoms with van der Waals surface area (Å²) in [5.41, 5.74) is 0.599. The number of H-pyrrole nitrogens is 1. The van der Waals surface area contributed by atoms with Crippen LogP contribution in [-0.4, -0.2) is 42.2 Å². The predicted octanol–water partition coefficient (Wildman–Crippen LogP) is 1.93. The van der Waals surface area contributed by atoms with Gasteiger partial charge in [0.2, 0.25) is 5.69 Å². The van der Waals surface area contributed by atoms with Gasteiger partial charge in [0.05, 0.1) is 32.5 Å². The molecular weight excluding hydrogens is 387 g/mol. The number of halogens is 3. The number of morpholine rings is 1. The van der Waals surface area contributed by atoms with Crippen LogP contribution in [0.2, 0.25) is 0 Å². The molecule has 152 valence electrons. The molecule has 0 aliphatic carbocycles. The molecule has 4 rings (SSSR count). The number of aromatic nitrogens is 3. The molecule has 0 radical (unpaired) electrons. The smallest absolute Gasteiger partial charge is 0.375 e. The predicted molar refractivity (Wildman–Crippen MR) is 97.4 cm³/mol. The maximum Gasteiger partial charge on any atom is 0.433 e. The van der Waals surface area contributed by atoms with Gasteiger partial charge in [-0.3, -0.25) is 14.7 Å². The molecule has 10 heteroatoms. The lowest BCUT2D eigenvalue weighted by Gasteiger charge is -2.21. The van der Waals surface area contributed by atoms with Crippen molar-refractivity contribution in [2.75, 3.05) is 31.2 Å². The Bertz CT molecular complexity index is 1010. The maximum absolute atomic E-state index is 12.8. The van der Waals surface area contributed by atoms with Crippen molar-refractivity contribution in [1.29, 1.82) is 0 Å². The second-order valence-electron chi connectivity index (χ2n) is 6.61. The number of hydrogen-bond donors (Lipinski definition) is 2. The number of pyridine rings is 2. The Labute approximate surface area is 164 Å². The Balaban J connectivity index is 1.53. The lowest BCUT2D eigenvalue weighted by Crippen LogP contribution is -2.41. The van der Waals surface area contributed by atoms with E-state index in [0.29, 0.717) is 43.1 Å². The van der Waals surface area contributed by atoms with Gasteiger partial charge in [0.15, 0.2) is 5.52 Å². The Morgan fingerprint density at radius 2 is 2.03 bits per heavy atom. The minimum absolute atomic E-state index is 0.0644. The molecule has 0 atom stereocenters. The first-order valence-corrected chi connectivity index (χ1v) is 9.09. The Morgan fingerprint density at radius 1 is 1.24 bits per heavy atom. The molecule has 1 amide bonds. The highest BCUT2D eigenvalue weighted by molar-refractivity contribution is 5.98. The zero-order valence-electron chi connectivity index (χ0n) is 15.4. The van der Waals surface area contributed by atoms with Gasteiger partial charge in [0, 0.05) is 12.7 Å². The van der Waals surface area contributed by atoms with Gasteiger partial charge in [-0.1, -0.05) is 12.1 Å². The minimum Gasteiger partial charge on any atom is -0.375 e. The largest absolute Gasteiger partial charge is 0.433 e. The highest BCUT2D eigenvalue weighted by atomic mass is 19.4. The third-order valence-corrected chi connectivity index (χ3v) is 4.69. The van der Waals surface area contributed by atoms with E-state index in [2.05, 4.69) is 20.2 Å². The molecule has 1 fully saturated rings. The second kappa shape index (κ2) is 7.70. The van der Waals surface area contributed by atoms with Gasteiger partial charge in [-0.05, 0) is 23.8 Å². The van der Waals surface area contributed by atoms with Gasteiger partial charge in [0.25, 0.3) is 5.91 Å². The van der Waals surface area contributed by atoms with Gasteiger partial charge in [0.1, 0.15) is 5.69 Å². The van der Waals surface area contributed by atoms with E-state index in [4.69, 9.17) is 4.74 Å². The zero-order valence-corrected chi connectivity index (χ0v) is 15.4. The van der Waals surface area contributed by atoms with E-state index in [1.54, 1.807) is 0 Å². The summed E-state index contributed by atoms with van der Waals surface area (Å²) < 4.78 is 45.1. The standard InChI is InChI=1S/C19H18F3N5O2/c20-19(21,22)15-5-4-13(11-23-15)12-24-17(28)16-14-3-1-2-6-27(14)18(25-16)26-7-9-29-10-8-26/h1-6,11H,7-10,12H2,(H,24,28)/p+1. The summed E-state index contributed by atoms with van der Waals surface area (Å²) in [5.74, 6) is 0.429. The quantitative estimate of drug-likeness (QED) is 0.650. The van der Waals surface area contributed by atoms with Crippen molar-refractivity contribution in [2.45, 2.75) is 12.7 Å². The molecule has 1 aliphatic rings. The van der Waals surface area contributed by atoms with Gasteiger partial charge in [-0.2, -0.15) is 13.2 Å². The van der Waals surface area contributed by atoms with Crippen molar-refractivity contribution in [3.63, 3.8) is 0 Å². The number of anilines is 1. The third kappa shape index (κ3) is 4.02. The highest BCUT2D eigenvalue weighted by Gasteiger charge is 2.32. The van der Waals surface area contributed by atoms with Crippen molar-refractivity contribution in [3.05, 3.63) is 59.7 Å². The Hall–Kier alpha value is -3.14. The van der Waals surface area contributed by atoms with Crippen molar-refractivity contribution in [2.24, 2.45) is 0 Å². The van der Waals surface area contributed by atoms with Crippen molar-refractivity contribution in [1.82, 2.24) is 15.3 Å². The van der Waals surface area contributed by atoms with E-state index >= 15 is 0 Å². The van der Waals surface area contributed by atoms with Gasteiger partial charge in [-0.25, -0.2) is 9.38 Å². The van der Waals surface area contributed by atoms with Crippen molar-refractivity contribution >= 4 is 17.4 Å². The van der Waals surface area contributed by atoms with Crippen LogP contribution in [0.25, 0.3) is 5.52 Å². The van der Waals surface area contributed by atoms with Crippen LogP contribution in [-0.2, 0) is 17.5 Å². The topological polar surface area (TPSA) is 74.3 Å². The van der Waals surface area contributed by atoms with E-state index < -0.39 is 11.9 Å². The SMILES string of the molecule is O=C(NCc1ccc(C(F)(F)F)nc1)c1[nH]c(N2CCOCC2)[n+]2ccccc12. The summed E-state index contributed by atoms with van der Waals surface area (Å²) in [5, 5.41) is 2.73. The van der Waals surface area contributed by atoms with Crippen LogP contribution >= 0.6 is 0 Å². The number of amides is 1. The van der Waals surface area contributed by atoms with Crippen LogP contribution in [0, 0.1) is 0 Å². The lowest BCUT2D eigenvalue weighted by atomic mass is 10.2. The number of nitrogens with zero attached hydrogens (tertiary/aromatic N) is 3. The fraction of sp³-hybridized carbons (Fsp3) is 0.316. The van der Waals surface area contributed by atoms with Crippen LogP contribution in [0.4, 0.5) is 19.1 Å². The summed E-state index contributed by atoms with van der Waals surface area (Å²) in [6, 6.07) is 7.74. The minimum atomic E-state index is -4.49. The van der Waals surface area contributed by atoms with Gasteiger partial charge >= 0.3 is 12.1 Å². The summed E-state index contributed by atoms with van der Waals surface area (Å²) in [7, 11) is 0. The van der Waals surface area contributed by atoms with Gasteiger partial charge in [-0.15, -0.1) is 0 Å². The van der Waals surface area contributed by atoms with E-state index in [1.807, 2.05) is 28.8 Å². The first-order chi connectivity index (χ1) is 13.9. The molecule has 4 heterocycles. The number of imidazole rings is 1. The molecule has 3 aromatic rings. The van der Waals surface area contributed by atoms with E-state index in [9.17, 15) is 18.0 Å². The summed E-state index contributed by atoms with van der Waals surface area (Å²) in [4.78, 5) is 21.4. The fourth-order valence-electron chi connectivity index (χ4n) is 3.21. The fourth-order valence-corrected chi connectivity index (χ4v) is 3.21. The zero-order chi connectivity index (χ0) is 20.4. The molecule has 0 aromatic carbocycles. The van der Waals surface area contributed by atoms with Crippen LogP contribution in [0.1, 0.15) is 21.7 Å². The number of ether oxygens (including phenoxy) is 1. The molecule has 7 nitrogen and oxygen atoms in total. The van der Waals surface area contributed by atoms with E-state index in [1.165, 1.54) is 6.07 Å². The average Bonchev–Trinajstić information content (AvgIpc) is 3.12. The van der Waals surface area contributed by atoms with Crippen LogP contribution < -0.4 is 14.6 Å². The molecule has 0 saturated carbocycles. The Morgan fingerprint density at radius 3 is 2.72 bits per heavy atom. The number of rotatable bonds is 4. The molecule has 0 unspecified atom stereocenters. The third-order valence-electron chi connectivity index (χ3n) is 4.69. The summed E-state index contributed by atoms with van der Waals surface area (Å²) >= 11 is 0. The first kappa shape index (κ1) is 19.2. The van der Waals surface area contributed by atoms with Crippen LogP contribution in [0.15, 0.2) is 42.7 Å².